The SMILES string of the molecule is c1ccc(-c2nc(-c3ccccc3)nc(-c3cccc(-n4c5ccccc5c5ccc6c(sc7c6c6ccccc6n7-c6ccccc6)c54)c3)n2)cc1. The number of hydrogen-bond donors (Lipinski definition) is 0. The van der Waals surface area contributed by atoms with Gasteiger partial charge in [0.2, 0.25) is 0 Å². The van der Waals surface area contributed by atoms with Gasteiger partial charge in [0.25, 0.3) is 0 Å². The minimum absolute atomic E-state index is 0.635. The fourth-order valence-electron chi connectivity index (χ4n) is 7.82. The van der Waals surface area contributed by atoms with Crippen molar-refractivity contribution >= 4 is 64.3 Å². The van der Waals surface area contributed by atoms with E-state index >= 15 is 0 Å². The van der Waals surface area contributed by atoms with Gasteiger partial charge in [-0.1, -0.05) is 140 Å². The Kier molecular flexibility index (Phi) is 6.66. The van der Waals surface area contributed by atoms with Gasteiger partial charge in [0.05, 0.1) is 21.3 Å². The number of hydrogen-bond acceptors (Lipinski definition) is 4. The molecule has 11 rings (SSSR count). The topological polar surface area (TPSA) is 48.5 Å². The van der Waals surface area contributed by atoms with Gasteiger partial charge in [0.1, 0.15) is 4.83 Å². The Bertz CT molecular complexity index is 3100. The molecular formula is C47H29N5S. The quantitative estimate of drug-likeness (QED) is 0.180. The number of fused-ring (bicyclic) bond motifs is 9. The van der Waals surface area contributed by atoms with Crippen LogP contribution in [-0.4, -0.2) is 24.1 Å². The summed E-state index contributed by atoms with van der Waals surface area (Å²) in [6, 6.07) is 61.7. The first-order chi connectivity index (χ1) is 26.3. The molecule has 0 aliphatic heterocycles. The average molecular weight is 696 g/mol. The summed E-state index contributed by atoms with van der Waals surface area (Å²) >= 11 is 1.87. The molecule has 248 valence electrons. The van der Waals surface area contributed by atoms with Gasteiger partial charge in [-0.05, 0) is 36.4 Å². The second-order valence-electron chi connectivity index (χ2n) is 13.2. The maximum absolute atomic E-state index is 5.05. The molecule has 0 N–H and O–H groups in total. The molecular weight excluding hydrogens is 667 g/mol. The van der Waals surface area contributed by atoms with E-state index < -0.39 is 0 Å². The summed E-state index contributed by atoms with van der Waals surface area (Å²) in [5.41, 5.74) is 8.63. The summed E-state index contributed by atoms with van der Waals surface area (Å²) in [4.78, 5) is 16.3. The van der Waals surface area contributed by atoms with Crippen LogP contribution in [0.25, 0.3) is 98.5 Å². The minimum Gasteiger partial charge on any atom is -0.308 e. The molecule has 0 fully saturated rings. The zero-order valence-electron chi connectivity index (χ0n) is 28.4. The zero-order valence-corrected chi connectivity index (χ0v) is 29.2. The third-order valence-corrected chi connectivity index (χ3v) is 11.4. The summed E-state index contributed by atoms with van der Waals surface area (Å²) < 4.78 is 6.12. The van der Waals surface area contributed by atoms with Crippen LogP contribution in [0.1, 0.15) is 0 Å². The molecule has 7 aromatic carbocycles. The van der Waals surface area contributed by atoms with E-state index in [2.05, 4.69) is 124 Å². The van der Waals surface area contributed by atoms with E-state index in [0.29, 0.717) is 17.5 Å². The molecule has 53 heavy (non-hydrogen) atoms. The lowest BCUT2D eigenvalue weighted by Crippen LogP contribution is -2.01. The van der Waals surface area contributed by atoms with E-state index in [4.69, 9.17) is 15.0 Å². The van der Waals surface area contributed by atoms with E-state index in [1.54, 1.807) is 0 Å². The molecule has 5 nitrogen and oxygen atoms in total. The summed E-state index contributed by atoms with van der Waals surface area (Å²) in [5.74, 6) is 1.93. The van der Waals surface area contributed by atoms with Gasteiger partial charge in [-0.25, -0.2) is 15.0 Å². The standard InChI is InChI=1S/C47H29N5S/c1-4-15-30(16-5-1)44-48-45(31-17-6-2-7-18-31)50-46(49-44)32-19-14-22-34(29-32)51-39-25-12-10-23-35(39)36-27-28-38-41-37-24-11-13-26-40(37)52(33-20-8-3-9-21-33)47(41)53-43(38)42(36)51/h1-29H. The van der Waals surface area contributed by atoms with E-state index in [1.165, 1.54) is 47.5 Å². The Morgan fingerprint density at radius 3 is 1.57 bits per heavy atom. The van der Waals surface area contributed by atoms with Crippen LogP contribution in [0.2, 0.25) is 0 Å². The van der Waals surface area contributed by atoms with Gasteiger partial charge < -0.3 is 9.13 Å². The highest BCUT2D eigenvalue weighted by atomic mass is 32.1. The Hall–Kier alpha value is -6.89. The van der Waals surface area contributed by atoms with E-state index in [0.717, 1.165) is 33.6 Å². The van der Waals surface area contributed by atoms with E-state index in [-0.39, 0.29) is 0 Å². The van der Waals surface area contributed by atoms with Gasteiger partial charge in [-0.15, -0.1) is 11.3 Å². The van der Waals surface area contributed by atoms with Gasteiger partial charge in [0.15, 0.2) is 17.5 Å². The lowest BCUT2D eigenvalue weighted by atomic mass is 10.1. The number of rotatable bonds is 5. The van der Waals surface area contributed by atoms with Crippen molar-refractivity contribution in [3.8, 4) is 45.5 Å². The molecule has 4 heterocycles. The fourth-order valence-corrected chi connectivity index (χ4v) is 9.21. The molecule has 11 aromatic rings. The maximum atomic E-state index is 5.05. The predicted molar refractivity (Wildman–Crippen MR) is 220 cm³/mol. The first kappa shape index (κ1) is 29.8. The van der Waals surface area contributed by atoms with Crippen molar-refractivity contribution in [3.63, 3.8) is 0 Å². The second-order valence-corrected chi connectivity index (χ2v) is 14.2. The van der Waals surface area contributed by atoms with Crippen molar-refractivity contribution in [3.05, 3.63) is 176 Å². The van der Waals surface area contributed by atoms with Crippen LogP contribution >= 0.6 is 11.3 Å². The van der Waals surface area contributed by atoms with Gasteiger partial charge in [-0.2, -0.15) is 0 Å². The first-order valence-electron chi connectivity index (χ1n) is 17.7. The first-order valence-corrected chi connectivity index (χ1v) is 18.5. The van der Waals surface area contributed by atoms with Crippen molar-refractivity contribution in [1.29, 1.82) is 0 Å². The van der Waals surface area contributed by atoms with Crippen LogP contribution in [-0.2, 0) is 0 Å². The third-order valence-electron chi connectivity index (χ3n) is 10.2. The van der Waals surface area contributed by atoms with Crippen molar-refractivity contribution < 1.29 is 0 Å². The van der Waals surface area contributed by atoms with Crippen LogP contribution in [0.15, 0.2) is 176 Å². The second kappa shape index (κ2) is 11.8. The number of nitrogens with zero attached hydrogens (tertiary/aromatic N) is 5. The lowest BCUT2D eigenvalue weighted by Gasteiger charge is -2.12. The van der Waals surface area contributed by atoms with Crippen LogP contribution in [0.5, 0.6) is 0 Å². The predicted octanol–water partition coefficient (Wildman–Crippen LogP) is 12.3. The minimum atomic E-state index is 0.635. The molecule has 0 aliphatic rings. The molecule has 0 saturated heterocycles. The highest BCUT2D eigenvalue weighted by Crippen LogP contribution is 2.47. The normalized spacial score (nSPS) is 11.8. The van der Waals surface area contributed by atoms with Crippen molar-refractivity contribution in [2.24, 2.45) is 0 Å². The number of aromatic nitrogens is 5. The fraction of sp³-hybridized carbons (Fsp3) is 0. The Morgan fingerprint density at radius 1 is 0.377 bits per heavy atom. The Labute approximate surface area is 308 Å². The monoisotopic (exact) mass is 695 g/mol. The number of benzene rings is 7. The summed E-state index contributed by atoms with van der Waals surface area (Å²) in [7, 11) is 0. The molecule has 0 saturated carbocycles. The smallest absolute Gasteiger partial charge is 0.164 e. The summed E-state index contributed by atoms with van der Waals surface area (Å²) in [6.07, 6.45) is 0. The molecule has 0 unspecified atom stereocenters. The largest absolute Gasteiger partial charge is 0.308 e. The lowest BCUT2D eigenvalue weighted by molar-refractivity contribution is 1.07. The number of thiophene rings is 1. The highest BCUT2D eigenvalue weighted by molar-refractivity contribution is 7.26. The molecule has 6 heteroatoms. The maximum Gasteiger partial charge on any atom is 0.164 e. The molecule has 4 aromatic heterocycles. The van der Waals surface area contributed by atoms with Crippen LogP contribution in [0, 0.1) is 0 Å². The molecule has 0 radical (unpaired) electrons. The highest BCUT2D eigenvalue weighted by Gasteiger charge is 2.22. The summed E-state index contributed by atoms with van der Waals surface area (Å²) in [6.45, 7) is 0. The summed E-state index contributed by atoms with van der Waals surface area (Å²) in [5, 5.41) is 6.28. The van der Waals surface area contributed by atoms with Crippen molar-refractivity contribution in [2.75, 3.05) is 0 Å². The van der Waals surface area contributed by atoms with Crippen molar-refractivity contribution in [1.82, 2.24) is 24.1 Å². The molecule has 0 atom stereocenters. The average Bonchev–Trinajstić information content (AvgIpc) is 3.89. The Balaban J connectivity index is 1.18. The van der Waals surface area contributed by atoms with Crippen LogP contribution < -0.4 is 0 Å². The molecule has 0 bridgehead atoms. The van der Waals surface area contributed by atoms with Gasteiger partial charge in [-0.3, -0.25) is 0 Å². The van der Waals surface area contributed by atoms with Crippen LogP contribution in [0.4, 0.5) is 0 Å². The van der Waals surface area contributed by atoms with Gasteiger partial charge in [0, 0.05) is 55.0 Å². The third kappa shape index (κ3) is 4.66. The molecule has 0 spiro atoms. The van der Waals surface area contributed by atoms with Gasteiger partial charge >= 0.3 is 0 Å². The van der Waals surface area contributed by atoms with E-state index in [9.17, 15) is 0 Å². The van der Waals surface area contributed by atoms with E-state index in [1.807, 2.05) is 72.0 Å². The molecule has 0 aliphatic carbocycles. The Morgan fingerprint density at radius 2 is 0.887 bits per heavy atom. The molecule has 0 amide bonds. The number of para-hydroxylation sites is 3. The van der Waals surface area contributed by atoms with Crippen LogP contribution in [0.3, 0.4) is 0 Å². The van der Waals surface area contributed by atoms with Crippen molar-refractivity contribution in [2.45, 2.75) is 0 Å². The zero-order chi connectivity index (χ0) is 34.9.